The zero-order valence-electron chi connectivity index (χ0n) is 13.0. The van der Waals surface area contributed by atoms with Crippen LogP contribution in [0.4, 0.5) is 18.9 Å². The van der Waals surface area contributed by atoms with Gasteiger partial charge in [-0.3, -0.25) is 4.79 Å². The number of hydrogen-bond donors (Lipinski definition) is 1. The number of nitrogens with one attached hydrogen (secondary N) is 1. The second-order valence-corrected chi connectivity index (χ2v) is 5.27. The standard InChI is InChI=1S/C18H14F3NO3/c19-18(20,21)14-4-2-1-3-12(14)5-8-17(23)22-13-6-7-15-16(11-13)25-10-9-24-15/h1-8,11H,9-10H2,(H,22,23)/b8-5+. The third-order valence-corrected chi connectivity index (χ3v) is 3.49. The van der Waals surface area contributed by atoms with Crippen molar-refractivity contribution in [2.24, 2.45) is 0 Å². The summed E-state index contributed by atoms with van der Waals surface area (Å²) in [7, 11) is 0. The maximum atomic E-state index is 12.9. The fraction of sp³-hybridized carbons (Fsp3) is 0.167. The molecule has 0 spiro atoms. The van der Waals surface area contributed by atoms with Crippen molar-refractivity contribution in [1.29, 1.82) is 0 Å². The fourth-order valence-corrected chi connectivity index (χ4v) is 2.37. The summed E-state index contributed by atoms with van der Waals surface area (Å²) in [6.45, 7) is 0.874. The molecule has 0 atom stereocenters. The van der Waals surface area contributed by atoms with Crippen LogP contribution >= 0.6 is 0 Å². The minimum Gasteiger partial charge on any atom is -0.486 e. The number of carbonyl (C=O) groups is 1. The van der Waals surface area contributed by atoms with E-state index in [2.05, 4.69) is 5.32 Å². The Labute approximate surface area is 141 Å². The molecule has 0 aliphatic carbocycles. The molecule has 130 valence electrons. The largest absolute Gasteiger partial charge is 0.486 e. The number of ether oxygens (including phenoxy) is 2. The molecule has 0 saturated carbocycles. The Kier molecular flexibility index (Phi) is 4.65. The SMILES string of the molecule is O=C(/C=C/c1ccccc1C(F)(F)F)Nc1ccc2c(c1)OCCO2. The van der Waals surface area contributed by atoms with E-state index in [1.165, 1.54) is 18.2 Å². The molecule has 1 amide bonds. The van der Waals surface area contributed by atoms with Crippen molar-refractivity contribution in [3.8, 4) is 11.5 Å². The predicted octanol–water partition coefficient (Wildman–Crippen LogP) is 4.13. The lowest BCUT2D eigenvalue weighted by atomic mass is 10.1. The van der Waals surface area contributed by atoms with Crippen LogP contribution < -0.4 is 14.8 Å². The van der Waals surface area contributed by atoms with Crippen LogP contribution in [0, 0.1) is 0 Å². The van der Waals surface area contributed by atoms with Crippen LogP contribution in [0.5, 0.6) is 11.5 Å². The van der Waals surface area contributed by atoms with Crippen molar-refractivity contribution in [1.82, 2.24) is 0 Å². The van der Waals surface area contributed by atoms with Gasteiger partial charge in [-0.1, -0.05) is 18.2 Å². The highest BCUT2D eigenvalue weighted by molar-refractivity contribution is 6.02. The number of alkyl halides is 3. The van der Waals surface area contributed by atoms with Gasteiger partial charge in [-0.25, -0.2) is 0 Å². The first kappa shape index (κ1) is 16.9. The summed E-state index contributed by atoms with van der Waals surface area (Å²) in [6, 6.07) is 9.94. The van der Waals surface area contributed by atoms with Crippen LogP contribution in [-0.4, -0.2) is 19.1 Å². The van der Waals surface area contributed by atoms with Gasteiger partial charge in [-0.15, -0.1) is 0 Å². The van der Waals surface area contributed by atoms with Gasteiger partial charge in [-0.2, -0.15) is 13.2 Å². The van der Waals surface area contributed by atoms with Crippen molar-refractivity contribution in [3.05, 3.63) is 59.7 Å². The number of fused-ring (bicyclic) bond motifs is 1. The van der Waals surface area contributed by atoms with E-state index in [1.54, 1.807) is 18.2 Å². The molecular formula is C18H14F3NO3. The molecule has 1 N–H and O–H groups in total. The summed E-state index contributed by atoms with van der Waals surface area (Å²) < 4.78 is 49.5. The van der Waals surface area contributed by atoms with E-state index in [9.17, 15) is 18.0 Å². The average molecular weight is 349 g/mol. The van der Waals surface area contributed by atoms with E-state index in [-0.39, 0.29) is 5.56 Å². The molecule has 2 aromatic rings. The average Bonchev–Trinajstić information content (AvgIpc) is 2.59. The number of benzene rings is 2. The highest BCUT2D eigenvalue weighted by Gasteiger charge is 2.32. The first-order valence-electron chi connectivity index (χ1n) is 7.48. The summed E-state index contributed by atoms with van der Waals surface area (Å²) in [5.41, 5.74) is -0.409. The number of rotatable bonds is 3. The number of amides is 1. The van der Waals surface area contributed by atoms with Gasteiger partial charge in [-0.05, 0) is 29.8 Å². The third kappa shape index (κ3) is 4.12. The lowest BCUT2D eigenvalue weighted by molar-refractivity contribution is -0.137. The van der Waals surface area contributed by atoms with E-state index in [4.69, 9.17) is 9.47 Å². The normalized spacial score (nSPS) is 13.7. The van der Waals surface area contributed by atoms with Gasteiger partial charge in [0.25, 0.3) is 0 Å². The zero-order chi connectivity index (χ0) is 17.9. The summed E-state index contributed by atoms with van der Waals surface area (Å²) in [4.78, 5) is 12.0. The van der Waals surface area contributed by atoms with E-state index in [0.29, 0.717) is 30.4 Å². The number of carbonyl (C=O) groups excluding carboxylic acids is 1. The predicted molar refractivity (Wildman–Crippen MR) is 86.5 cm³/mol. The van der Waals surface area contributed by atoms with Crippen LogP contribution in [-0.2, 0) is 11.0 Å². The minimum absolute atomic E-state index is 0.0766. The van der Waals surface area contributed by atoms with Crippen molar-refractivity contribution in [2.75, 3.05) is 18.5 Å². The molecule has 4 nitrogen and oxygen atoms in total. The number of hydrogen-bond acceptors (Lipinski definition) is 3. The molecule has 0 fully saturated rings. The van der Waals surface area contributed by atoms with Gasteiger partial charge in [0.1, 0.15) is 13.2 Å². The molecule has 1 heterocycles. The Balaban J connectivity index is 1.72. The summed E-state index contributed by atoms with van der Waals surface area (Å²) in [5, 5.41) is 2.58. The fourth-order valence-electron chi connectivity index (χ4n) is 2.37. The molecule has 0 bridgehead atoms. The van der Waals surface area contributed by atoms with Gasteiger partial charge < -0.3 is 14.8 Å². The van der Waals surface area contributed by atoms with E-state index >= 15 is 0 Å². The van der Waals surface area contributed by atoms with E-state index < -0.39 is 17.6 Å². The quantitative estimate of drug-likeness (QED) is 0.848. The van der Waals surface area contributed by atoms with Crippen LogP contribution in [0.3, 0.4) is 0 Å². The van der Waals surface area contributed by atoms with Crippen molar-refractivity contribution in [2.45, 2.75) is 6.18 Å². The lowest BCUT2D eigenvalue weighted by Crippen LogP contribution is -2.16. The molecule has 1 aliphatic rings. The maximum Gasteiger partial charge on any atom is 0.416 e. The van der Waals surface area contributed by atoms with Crippen molar-refractivity contribution in [3.63, 3.8) is 0 Å². The van der Waals surface area contributed by atoms with E-state index in [0.717, 1.165) is 18.2 Å². The lowest BCUT2D eigenvalue weighted by Gasteiger charge is -2.18. The van der Waals surface area contributed by atoms with Gasteiger partial charge >= 0.3 is 6.18 Å². The molecule has 25 heavy (non-hydrogen) atoms. The molecule has 0 radical (unpaired) electrons. The Morgan fingerprint density at radius 1 is 1.04 bits per heavy atom. The minimum atomic E-state index is -4.48. The Morgan fingerprint density at radius 2 is 1.76 bits per heavy atom. The first-order valence-corrected chi connectivity index (χ1v) is 7.48. The molecule has 7 heteroatoms. The maximum absolute atomic E-state index is 12.9. The van der Waals surface area contributed by atoms with Gasteiger partial charge in [0.05, 0.1) is 5.56 Å². The first-order chi connectivity index (χ1) is 11.9. The van der Waals surface area contributed by atoms with Gasteiger partial charge in [0.15, 0.2) is 11.5 Å². The molecular weight excluding hydrogens is 335 g/mol. The molecule has 0 unspecified atom stereocenters. The number of anilines is 1. The van der Waals surface area contributed by atoms with Crippen LogP contribution in [0.2, 0.25) is 0 Å². The van der Waals surface area contributed by atoms with Crippen LogP contribution in [0.15, 0.2) is 48.5 Å². The van der Waals surface area contributed by atoms with Crippen molar-refractivity contribution < 1.29 is 27.4 Å². The monoisotopic (exact) mass is 349 g/mol. The molecule has 2 aromatic carbocycles. The Bertz CT molecular complexity index is 815. The zero-order valence-corrected chi connectivity index (χ0v) is 13.0. The molecule has 3 rings (SSSR count). The Morgan fingerprint density at radius 3 is 2.52 bits per heavy atom. The second-order valence-electron chi connectivity index (χ2n) is 5.27. The molecule has 0 aromatic heterocycles. The van der Waals surface area contributed by atoms with Crippen LogP contribution in [0.25, 0.3) is 6.08 Å². The smallest absolute Gasteiger partial charge is 0.416 e. The highest BCUT2D eigenvalue weighted by atomic mass is 19.4. The summed E-state index contributed by atoms with van der Waals surface area (Å²) >= 11 is 0. The second kappa shape index (κ2) is 6.88. The number of halogens is 3. The van der Waals surface area contributed by atoms with Gasteiger partial charge in [0, 0.05) is 17.8 Å². The summed E-state index contributed by atoms with van der Waals surface area (Å²) in [5.74, 6) is 0.544. The Hall–Kier alpha value is -2.96. The molecule has 1 aliphatic heterocycles. The third-order valence-electron chi connectivity index (χ3n) is 3.49. The highest BCUT2D eigenvalue weighted by Crippen LogP contribution is 2.33. The van der Waals surface area contributed by atoms with Gasteiger partial charge in [0.2, 0.25) is 5.91 Å². The van der Waals surface area contributed by atoms with E-state index in [1.807, 2.05) is 0 Å². The molecule has 0 saturated heterocycles. The summed E-state index contributed by atoms with van der Waals surface area (Å²) in [6.07, 6.45) is -2.29. The van der Waals surface area contributed by atoms with Crippen LogP contribution in [0.1, 0.15) is 11.1 Å². The topological polar surface area (TPSA) is 47.6 Å². The van der Waals surface area contributed by atoms with Crippen molar-refractivity contribution >= 4 is 17.7 Å².